The van der Waals surface area contributed by atoms with Crippen LogP contribution in [0.3, 0.4) is 0 Å². The molecule has 0 heterocycles. The summed E-state index contributed by atoms with van der Waals surface area (Å²) in [6.45, 7) is 3.92. The van der Waals surface area contributed by atoms with Crippen molar-refractivity contribution in [2.24, 2.45) is 0 Å². The summed E-state index contributed by atoms with van der Waals surface area (Å²) in [5.41, 5.74) is -0.412. The minimum absolute atomic E-state index is 0.206. The molecule has 0 aliphatic rings. The first-order chi connectivity index (χ1) is 5.20. The highest BCUT2D eigenvalue weighted by Gasteiger charge is 2.04. The van der Waals surface area contributed by atoms with Gasteiger partial charge < -0.3 is 8.85 Å². The van der Waals surface area contributed by atoms with Crippen molar-refractivity contribution >= 4 is 33.2 Å². The van der Waals surface area contributed by atoms with Crippen molar-refractivity contribution in [3.05, 3.63) is 0 Å². The molecule has 2 unspecified atom stereocenters. The normalized spacial score (nSPS) is 17.5. The molecule has 0 aliphatic carbocycles. The quantitative estimate of drug-likeness (QED) is 0.500. The largest absolute Gasteiger partial charge is 0.382 e. The van der Waals surface area contributed by atoms with Gasteiger partial charge in [-0.1, -0.05) is 37.0 Å². The van der Waals surface area contributed by atoms with Gasteiger partial charge in [-0.15, -0.1) is 0 Å². The van der Waals surface area contributed by atoms with Gasteiger partial charge in [0, 0.05) is 0 Å². The van der Waals surface area contributed by atoms with Gasteiger partial charge in [0.05, 0.1) is 0 Å². The Balaban J connectivity index is 3.13. The molecule has 0 aromatic rings. The molecule has 0 aromatic heterocycles. The van der Waals surface area contributed by atoms with Gasteiger partial charge in [-0.05, 0) is 12.8 Å². The van der Waals surface area contributed by atoms with E-state index in [4.69, 9.17) is 32.1 Å². The summed E-state index contributed by atoms with van der Waals surface area (Å²) < 4.78 is 10.3. The summed E-state index contributed by atoms with van der Waals surface area (Å²) in [5.74, 6) is 0. The number of alkyl halides is 2. The van der Waals surface area contributed by atoms with Gasteiger partial charge in [0.2, 0.25) is 0 Å². The topological polar surface area (TPSA) is 18.5 Å². The number of halogens is 2. The number of hydrogen-bond acceptors (Lipinski definition) is 2. The third kappa shape index (κ3) is 7.09. The van der Waals surface area contributed by atoms with Crippen LogP contribution >= 0.6 is 23.2 Å². The van der Waals surface area contributed by atoms with E-state index in [-0.39, 0.29) is 11.1 Å². The minimum atomic E-state index is -0.969. The summed E-state index contributed by atoms with van der Waals surface area (Å²) in [6.07, 6.45) is 1.61. The molecular weight excluding hydrogens is 203 g/mol. The second kappa shape index (κ2) is 7.37. The third-order valence-electron chi connectivity index (χ3n) is 1.14. The van der Waals surface area contributed by atoms with E-state index in [0.717, 1.165) is 12.8 Å². The van der Waals surface area contributed by atoms with Crippen LogP contribution in [0.2, 0.25) is 0 Å². The average molecular weight is 217 g/mol. The molecule has 0 radical (unpaired) electrons. The molecule has 0 aromatic carbocycles. The van der Waals surface area contributed by atoms with Crippen molar-refractivity contribution < 1.29 is 8.85 Å². The first-order valence-electron chi connectivity index (χ1n) is 3.72. The molecule has 5 heteroatoms. The summed E-state index contributed by atoms with van der Waals surface area (Å²) >= 11 is 11.4. The predicted molar refractivity (Wildman–Crippen MR) is 50.6 cm³/mol. The fraction of sp³-hybridized carbons (Fsp3) is 1.00. The van der Waals surface area contributed by atoms with Gasteiger partial charge in [0.15, 0.2) is 0 Å². The second-order valence-corrected chi connectivity index (χ2v) is 3.96. The molecule has 0 saturated heterocycles. The first kappa shape index (κ1) is 11.7. The zero-order chi connectivity index (χ0) is 8.69. The third-order valence-corrected chi connectivity index (χ3v) is 3.51. The standard InChI is InChI=1S/C6H14Cl2O2Si/c1-3-5(7)9-11-10-6(8)4-2/h5-6H,3-4,11H2,1-2H3. The zero-order valence-corrected chi connectivity index (χ0v) is 9.77. The Morgan fingerprint density at radius 2 is 1.45 bits per heavy atom. The highest BCUT2D eigenvalue weighted by Crippen LogP contribution is 2.05. The lowest BCUT2D eigenvalue weighted by Crippen LogP contribution is -2.15. The van der Waals surface area contributed by atoms with E-state index in [1.165, 1.54) is 0 Å². The molecule has 0 fully saturated rings. The van der Waals surface area contributed by atoms with Crippen molar-refractivity contribution in [2.45, 2.75) is 37.8 Å². The molecule has 0 N–H and O–H groups in total. The van der Waals surface area contributed by atoms with Crippen molar-refractivity contribution in [2.75, 3.05) is 0 Å². The fourth-order valence-electron chi connectivity index (χ4n) is 0.423. The smallest absolute Gasteiger partial charge is 0.306 e. The summed E-state index contributed by atoms with van der Waals surface area (Å²) in [6, 6.07) is 0. The van der Waals surface area contributed by atoms with Crippen LogP contribution in [0.5, 0.6) is 0 Å². The molecular formula is C6H14Cl2O2Si. The molecule has 0 spiro atoms. The lowest BCUT2D eigenvalue weighted by molar-refractivity contribution is 0.184. The Labute approximate surface area is 80.2 Å². The van der Waals surface area contributed by atoms with Crippen LogP contribution in [0.25, 0.3) is 0 Å². The van der Waals surface area contributed by atoms with E-state index in [9.17, 15) is 0 Å². The molecule has 0 amide bonds. The highest BCUT2D eigenvalue weighted by molar-refractivity contribution is 6.27. The van der Waals surface area contributed by atoms with Crippen LogP contribution in [-0.2, 0) is 8.85 Å². The highest BCUT2D eigenvalue weighted by atomic mass is 35.5. The van der Waals surface area contributed by atoms with Crippen LogP contribution < -0.4 is 0 Å². The zero-order valence-electron chi connectivity index (χ0n) is 6.85. The van der Waals surface area contributed by atoms with Crippen LogP contribution in [0.15, 0.2) is 0 Å². The molecule has 0 aliphatic heterocycles. The summed E-state index contributed by atoms with van der Waals surface area (Å²) in [5, 5.41) is 0. The summed E-state index contributed by atoms with van der Waals surface area (Å²) in [4.78, 5) is 0. The van der Waals surface area contributed by atoms with E-state index >= 15 is 0 Å². The van der Waals surface area contributed by atoms with Crippen LogP contribution in [0, 0.1) is 0 Å². The van der Waals surface area contributed by atoms with Crippen molar-refractivity contribution in [1.29, 1.82) is 0 Å². The van der Waals surface area contributed by atoms with Crippen molar-refractivity contribution in [3.8, 4) is 0 Å². The Bertz CT molecular complexity index is 84.7. The maximum atomic E-state index is 5.68. The van der Waals surface area contributed by atoms with Crippen molar-refractivity contribution in [1.82, 2.24) is 0 Å². The molecule has 0 bridgehead atoms. The SMILES string of the molecule is CCC(Cl)O[SiH2]OC(Cl)CC. The Morgan fingerprint density at radius 3 is 1.73 bits per heavy atom. The minimum Gasteiger partial charge on any atom is -0.382 e. The van der Waals surface area contributed by atoms with Gasteiger partial charge in [0.1, 0.15) is 11.1 Å². The summed E-state index contributed by atoms with van der Waals surface area (Å²) in [7, 11) is -0.969. The maximum absolute atomic E-state index is 5.68. The fourth-order valence-corrected chi connectivity index (χ4v) is 1.58. The second-order valence-electron chi connectivity index (χ2n) is 2.09. The van der Waals surface area contributed by atoms with E-state index in [1.54, 1.807) is 0 Å². The van der Waals surface area contributed by atoms with Crippen molar-refractivity contribution in [3.63, 3.8) is 0 Å². The van der Waals surface area contributed by atoms with Crippen LogP contribution in [0.4, 0.5) is 0 Å². The Hall–Kier alpha value is 0.717. The average Bonchev–Trinajstić information content (AvgIpc) is 2.04. The number of hydrogen-bond donors (Lipinski definition) is 0. The number of rotatable bonds is 6. The van der Waals surface area contributed by atoms with Crippen LogP contribution in [-0.4, -0.2) is 21.1 Å². The Morgan fingerprint density at radius 1 is 1.09 bits per heavy atom. The van der Waals surface area contributed by atoms with E-state index in [2.05, 4.69) is 0 Å². The molecule has 68 valence electrons. The molecule has 11 heavy (non-hydrogen) atoms. The lowest BCUT2D eigenvalue weighted by Gasteiger charge is -2.11. The monoisotopic (exact) mass is 216 g/mol. The maximum Gasteiger partial charge on any atom is 0.306 e. The van der Waals surface area contributed by atoms with Gasteiger partial charge in [-0.2, -0.15) is 0 Å². The van der Waals surface area contributed by atoms with Gasteiger partial charge in [-0.25, -0.2) is 0 Å². The molecule has 0 saturated carbocycles. The predicted octanol–water partition coefficient (Wildman–Crippen LogP) is 1.97. The van der Waals surface area contributed by atoms with E-state index in [1.807, 2.05) is 13.8 Å². The van der Waals surface area contributed by atoms with E-state index in [0.29, 0.717) is 0 Å². The Kier molecular flexibility index (Phi) is 7.85. The molecule has 2 atom stereocenters. The van der Waals surface area contributed by atoms with Gasteiger partial charge in [0.25, 0.3) is 0 Å². The van der Waals surface area contributed by atoms with Gasteiger partial charge >= 0.3 is 10.0 Å². The first-order valence-corrected chi connectivity index (χ1v) is 5.74. The van der Waals surface area contributed by atoms with Crippen LogP contribution in [0.1, 0.15) is 26.7 Å². The molecule has 2 nitrogen and oxygen atoms in total. The van der Waals surface area contributed by atoms with Gasteiger partial charge in [-0.3, -0.25) is 0 Å². The lowest BCUT2D eigenvalue weighted by atomic mass is 10.5. The molecule has 0 rings (SSSR count). The van der Waals surface area contributed by atoms with E-state index < -0.39 is 10.0 Å².